The summed E-state index contributed by atoms with van der Waals surface area (Å²) in [7, 11) is 0. The Morgan fingerprint density at radius 1 is 1.33 bits per heavy atom. The second-order valence-corrected chi connectivity index (χ2v) is 5.78. The molecule has 0 aliphatic carbocycles. The third kappa shape index (κ3) is 2.68. The second-order valence-electron chi connectivity index (χ2n) is 4.46. The normalized spacial score (nSPS) is 10.7. The number of benzene rings is 1. The van der Waals surface area contributed by atoms with Crippen molar-refractivity contribution in [2.24, 2.45) is 0 Å². The molecule has 1 N–H and O–H groups in total. The summed E-state index contributed by atoms with van der Waals surface area (Å²) in [5.74, 6) is -1.08. The van der Waals surface area contributed by atoms with Crippen molar-refractivity contribution in [1.29, 1.82) is 0 Å². The maximum atomic E-state index is 11.3. The van der Waals surface area contributed by atoms with Crippen molar-refractivity contribution >= 4 is 17.3 Å². The predicted octanol–water partition coefficient (Wildman–Crippen LogP) is 2.46. The van der Waals surface area contributed by atoms with Crippen LogP contribution in [0, 0.1) is 6.92 Å². The summed E-state index contributed by atoms with van der Waals surface area (Å²) in [5, 5.41) is 18.0. The molecule has 0 fully saturated rings. The molecule has 1 aromatic carbocycles. The summed E-state index contributed by atoms with van der Waals surface area (Å²) >= 11 is 1.56. The van der Waals surface area contributed by atoms with Gasteiger partial charge in [0.25, 0.3) is 0 Å². The van der Waals surface area contributed by atoms with E-state index in [0.29, 0.717) is 12.2 Å². The smallest absolute Gasteiger partial charge is 0.358 e. The first-order valence-electron chi connectivity index (χ1n) is 6.28. The molecule has 21 heavy (non-hydrogen) atoms. The number of carboxylic acid groups (broad SMARTS) is 1. The number of carboxylic acids is 1. The standard InChI is InChI=1S/C14H12N4O2S/c1-9-15-7-11(21-9)8-18-13(10-5-3-2-4-6-10)12(14(19)20)16-17-18/h2-7H,8H2,1H3,(H,19,20). The van der Waals surface area contributed by atoms with E-state index >= 15 is 0 Å². The molecule has 0 radical (unpaired) electrons. The third-order valence-corrected chi connectivity index (χ3v) is 3.86. The van der Waals surface area contributed by atoms with Crippen molar-refractivity contribution in [3.05, 3.63) is 52.1 Å². The van der Waals surface area contributed by atoms with Gasteiger partial charge < -0.3 is 5.11 Å². The van der Waals surface area contributed by atoms with Gasteiger partial charge in [0.05, 0.1) is 11.6 Å². The van der Waals surface area contributed by atoms with E-state index < -0.39 is 5.97 Å². The Hall–Kier alpha value is -2.54. The number of aromatic nitrogens is 4. The molecule has 3 rings (SSSR count). The lowest BCUT2D eigenvalue weighted by atomic mass is 10.1. The van der Waals surface area contributed by atoms with Gasteiger partial charge in [0, 0.05) is 16.6 Å². The summed E-state index contributed by atoms with van der Waals surface area (Å²) in [4.78, 5) is 16.5. The van der Waals surface area contributed by atoms with Gasteiger partial charge in [-0.1, -0.05) is 35.5 Å². The average molecular weight is 300 g/mol. The number of nitrogens with zero attached hydrogens (tertiary/aromatic N) is 4. The van der Waals surface area contributed by atoms with Crippen LogP contribution in [0.1, 0.15) is 20.4 Å². The molecule has 2 aromatic heterocycles. The first-order chi connectivity index (χ1) is 10.1. The highest BCUT2D eigenvalue weighted by Gasteiger charge is 2.20. The number of hydrogen-bond acceptors (Lipinski definition) is 5. The van der Waals surface area contributed by atoms with Crippen LogP contribution in [-0.2, 0) is 6.54 Å². The molecule has 0 saturated heterocycles. The molecule has 106 valence electrons. The largest absolute Gasteiger partial charge is 0.476 e. The van der Waals surface area contributed by atoms with Gasteiger partial charge in [-0.25, -0.2) is 14.5 Å². The lowest BCUT2D eigenvalue weighted by Crippen LogP contribution is -2.05. The number of rotatable bonds is 4. The van der Waals surface area contributed by atoms with Gasteiger partial charge in [-0.2, -0.15) is 0 Å². The fourth-order valence-electron chi connectivity index (χ4n) is 2.08. The summed E-state index contributed by atoms with van der Waals surface area (Å²) in [6.07, 6.45) is 1.77. The summed E-state index contributed by atoms with van der Waals surface area (Å²) < 4.78 is 1.60. The second kappa shape index (κ2) is 5.45. The van der Waals surface area contributed by atoms with Crippen LogP contribution >= 0.6 is 11.3 Å². The zero-order chi connectivity index (χ0) is 14.8. The van der Waals surface area contributed by atoms with E-state index in [1.54, 1.807) is 22.2 Å². The number of hydrogen-bond donors (Lipinski definition) is 1. The average Bonchev–Trinajstić information content (AvgIpc) is 3.07. The van der Waals surface area contributed by atoms with Crippen LogP contribution in [-0.4, -0.2) is 31.1 Å². The maximum Gasteiger partial charge on any atom is 0.358 e. The minimum Gasteiger partial charge on any atom is -0.476 e. The number of thiazole rings is 1. The molecule has 0 unspecified atom stereocenters. The van der Waals surface area contributed by atoms with E-state index in [1.165, 1.54) is 0 Å². The third-order valence-electron chi connectivity index (χ3n) is 2.96. The Morgan fingerprint density at radius 3 is 2.71 bits per heavy atom. The van der Waals surface area contributed by atoms with Gasteiger partial charge in [0.1, 0.15) is 5.69 Å². The molecule has 0 aliphatic heterocycles. The lowest BCUT2D eigenvalue weighted by molar-refractivity contribution is 0.0691. The fourth-order valence-corrected chi connectivity index (χ4v) is 2.85. The Labute approximate surface area is 124 Å². The predicted molar refractivity (Wildman–Crippen MR) is 78.4 cm³/mol. The molecule has 6 nitrogen and oxygen atoms in total. The number of carbonyl (C=O) groups is 1. The van der Waals surface area contributed by atoms with Crippen LogP contribution in [0.4, 0.5) is 0 Å². The minimum atomic E-state index is -1.08. The first kappa shape index (κ1) is 13.4. The molecule has 0 bridgehead atoms. The number of aromatic carboxylic acids is 1. The van der Waals surface area contributed by atoms with Crippen LogP contribution < -0.4 is 0 Å². The van der Waals surface area contributed by atoms with E-state index in [0.717, 1.165) is 15.4 Å². The Balaban J connectivity index is 2.07. The van der Waals surface area contributed by atoms with Crippen molar-refractivity contribution in [2.45, 2.75) is 13.5 Å². The van der Waals surface area contributed by atoms with Gasteiger partial charge in [-0.15, -0.1) is 16.4 Å². The van der Waals surface area contributed by atoms with Gasteiger partial charge in [0.2, 0.25) is 0 Å². The highest BCUT2D eigenvalue weighted by atomic mass is 32.1. The molecule has 0 saturated carbocycles. The van der Waals surface area contributed by atoms with Gasteiger partial charge in [-0.05, 0) is 6.92 Å². The van der Waals surface area contributed by atoms with Crippen LogP contribution in [0.5, 0.6) is 0 Å². The Bertz CT molecular complexity index is 779. The molecule has 0 atom stereocenters. The summed E-state index contributed by atoms with van der Waals surface area (Å²) in [5.41, 5.74) is 1.25. The first-order valence-corrected chi connectivity index (χ1v) is 7.10. The van der Waals surface area contributed by atoms with E-state index in [2.05, 4.69) is 15.3 Å². The van der Waals surface area contributed by atoms with E-state index in [9.17, 15) is 9.90 Å². The van der Waals surface area contributed by atoms with Gasteiger partial charge in [-0.3, -0.25) is 0 Å². The molecular formula is C14H12N4O2S. The molecule has 3 aromatic rings. The van der Waals surface area contributed by atoms with Gasteiger partial charge >= 0.3 is 5.97 Å². The van der Waals surface area contributed by atoms with Crippen LogP contribution in [0.25, 0.3) is 11.3 Å². The lowest BCUT2D eigenvalue weighted by Gasteiger charge is -2.05. The zero-order valence-corrected chi connectivity index (χ0v) is 12.0. The fraction of sp³-hybridized carbons (Fsp3) is 0.143. The monoisotopic (exact) mass is 300 g/mol. The van der Waals surface area contributed by atoms with Crippen molar-refractivity contribution in [3.63, 3.8) is 0 Å². The van der Waals surface area contributed by atoms with Gasteiger partial charge in [0.15, 0.2) is 5.69 Å². The summed E-state index contributed by atoms with van der Waals surface area (Å²) in [6, 6.07) is 9.29. The van der Waals surface area contributed by atoms with Crippen LogP contribution in [0.3, 0.4) is 0 Å². The topological polar surface area (TPSA) is 80.9 Å². The van der Waals surface area contributed by atoms with Crippen molar-refractivity contribution in [1.82, 2.24) is 20.0 Å². The molecule has 0 aliphatic rings. The number of aryl methyl sites for hydroxylation is 1. The molecular weight excluding hydrogens is 288 g/mol. The van der Waals surface area contributed by atoms with E-state index in [4.69, 9.17) is 0 Å². The maximum absolute atomic E-state index is 11.3. The van der Waals surface area contributed by atoms with E-state index in [-0.39, 0.29) is 5.69 Å². The Kier molecular flexibility index (Phi) is 3.49. The van der Waals surface area contributed by atoms with E-state index in [1.807, 2.05) is 37.3 Å². The molecule has 0 amide bonds. The van der Waals surface area contributed by atoms with Crippen LogP contribution in [0.2, 0.25) is 0 Å². The Morgan fingerprint density at radius 2 is 2.10 bits per heavy atom. The molecule has 2 heterocycles. The highest BCUT2D eigenvalue weighted by molar-refractivity contribution is 7.11. The minimum absolute atomic E-state index is 0.0394. The van der Waals surface area contributed by atoms with Crippen molar-refractivity contribution in [3.8, 4) is 11.3 Å². The van der Waals surface area contributed by atoms with Crippen molar-refractivity contribution < 1.29 is 9.90 Å². The summed E-state index contributed by atoms with van der Waals surface area (Å²) in [6.45, 7) is 2.38. The molecule has 7 heteroatoms. The zero-order valence-electron chi connectivity index (χ0n) is 11.2. The molecule has 0 spiro atoms. The van der Waals surface area contributed by atoms with Crippen LogP contribution in [0.15, 0.2) is 36.5 Å². The SMILES string of the molecule is Cc1ncc(Cn2nnc(C(=O)O)c2-c2ccccc2)s1. The van der Waals surface area contributed by atoms with Crippen molar-refractivity contribution in [2.75, 3.05) is 0 Å². The highest BCUT2D eigenvalue weighted by Crippen LogP contribution is 2.24. The quantitative estimate of drug-likeness (QED) is 0.800.